The average Bonchev–Trinajstić information content (AvgIpc) is 3.28. The van der Waals surface area contributed by atoms with E-state index in [-0.39, 0.29) is 0 Å². The monoisotopic (exact) mass is 506 g/mol. The molecular formula is C26H22B7BrO. The Bertz CT molecular complexity index is 1830. The van der Waals surface area contributed by atoms with Crippen molar-refractivity contribution >= 4 is 153 Å². The van der Waals surface area contributed by atoms with E-state index in [1.165, 1.54) is 81.7 Å². The summed E-state index contributed by atoms with van der Waals surface area (Å²) in [6, 6.07) is 17.4. The van der Waals surface area contributed by atoms with Gasteiger partial charge in [-0.2, -0.15) is 0 Å². The van der Waals surface area contributed by atoms with E-state index in [2.05, 4.69) is 119 Å². The maximum atomic E-state index is 6.77. The van der Waals surface area contributed by atoms with Crippen molar-refractivity contribution in [3.8, 4) is 11.1 Å². The average molecular weight is 506 g/mol. The van der Waals surface area contributed by atoms with Crippen LogP contribution in [0.15, 0.2) is 57.4 Å². The van der Waals surface area contributed by atoms with Gasteiger partial charge in [-0.1, -0.05) is 75.8 Å². The fraction of sp³-hybridized carbons (Fsp3) is 0. The SMILES string of the molecule is Bc1c(B)c(B)c2c(oc3c(B)c(-c4c5ccccc5c(Br)c5ccccc45)c(B)c(B)c32)c1B. The Balaban J connectivity index is 1.87. The summed E-state index contributed by atoms with van der Waals surface area (Å²) in [6.07, 6.45) is 0. The van der Waals surface area contributed by atoms with Crippen LogP contribution >= 0.6 is 15.9 Å². The van der Waals surface area contributed by atoms with Crippen LogP contribution < -0.4 is 38.2 Å². The molecule has 0 unspecified atom stereocenters. The standard InChI is InChI=1S/C26H22B7BrO/c27-17-14(13-9-5-1-3-7-11(9)24(34)12-8-4-2-6-10(12)13)20(30)25-15(18(17)28)16-19(29)21(31)22(32)23(33)26(16)35-25/h1-8H,27-33H2. The molecule has 5 aromatic carbocycles. The molecule has 0 aliphatic carbocycles. The third-order valence-corrected chi connectivity index (χ3v) is 9.31. The molecule has 0 spiro atoms. The van der Waals surface area contributed by atoms with Gasteiger partial charge in [0.05, 0.1) is 0 Å². The van der Waals surface area contributed by atoms with Crippen molar-refractivity contribution in [2.45, 2.75) is 0 Å². The number of benzene rings is 5. The summed E-state index contributed by atoms with van der Waals surface area (Å²) in [4.78, 5) is 0. The lowest BCUT2D eigenvalue weighted by Crippen LogP contribution is -2.47. The van der Waals surface area contributed by atoms with Crippen LogP contribution in [0.2, 0.25) is 0 Å². The number of halogens is 1. The molecule has 0 saturated heterocycles. The lowest BCUT2D eigenvalue weighted by Gasteiger charge is -2.20. The van der Waals surface area contributed by atoms with Crippen LogP contribution in [0.25, 0.3) is 54.6 Å². The lowest BCUT2D eigenvalue weighted by molar-refractivity contribution is 0.675. The quantitative estimate of drug-likeness (QED) is 0.165. The van der Waals surface area contributed by atoms with E-state index < -0.39 is 0 Å². The normalized spacial score (nSPS) is 11.8. The predicted molar refractivity (Wildman–Crippen MR) is 179 cm³/mol. The largest absolute Gasteiger partial charge is 0.457 e. The highest BCUT2D eigenvalue weighted by Crippen LogP contribution is 2.41. The minimum absolute atomic E-state index is 1.02. The molecular weight excluding hydrogens is 484 g/mol. The maximum absolute atomic E-state index is 6.77. The van der Waals surface area contributed by atoms with Crippen molar-refractivity contribution < 1.29 is 4.42 Å². The van der Waals surface area contributed by atoms with E-state index in [1.807, 2.05) is 0 Å². The fourth-order valence-corrected chi connectivity index (χ4v) is 6.78. The van der Waals surface area contributed by atoms with Crippen molar-refractivity contribution in [3.63, 3.8) is 0 Å². The van der Waals surface area contributed by atoms with Gasteiger partial charge in [0.25, 0.3) is 0 Å². The number of furan rings is 1. The topological polar surface area (TPSA) is 13.1 Å². The Labute approximate surface area is 220 Å². The molecule has 0 aliphatic rings. The van der Waals surface area contributed by atoms with Crippen LogP contribution in [0.5, 0.6) is 0 Å². The van der Waals surface area contributed by atoms with Crippen molar-refractivity contribution in [1.29, 1.82) is 0 Å². The zero-order valence-electron chi connectivity index (χ0n) is 21.4. The molecule has 0 atom stereocenters. The van der Waals surface area contributed by atoms with Gasteiger partial charge in [-0.15, -0.1) is 5.46 Å². The second-order valence-electron chi connectivity index (χ2n) is 10.0. The fourth-order valence-electron chi connectivity index (χ4n) is 6.08. The first-order valence-corrected chi connectivity index (χ1v) is 13.0. The minimum Gasteiger partial charge on any atom is -0.457 e. The molecule has 35 heavy (non-hydrogen) atoms. The van der Waals surface area contributed by atoms with Gasteiger partial charge in [-0.3, -0.25) is 0 Å². The highest BCUT2D eigenvalue weighted by atomic mass is 79.9. The number of fused-ring (bicyclic) bond motifs is 5. The molecule has 1 heterocycles. The Morgan fingerprint density at radius 3 is 1.43 bits per heavy atom. The zero-order valence-corrected chi connectivity index (χ0v) is 23.0. The molecule has 6 aromatic rings. The lowest BCUT2D eigenvalue weighted by atomic mass is 9.64. The van der Waals surface area contributed by atoms with Gasteiger partial charge in [-0.25, -0.2) is 0 Å². The maximum Gasteiger partial charge on any atom is 0.145 e. The van der Waals surface area contributed by atoms with Gasteiger partial charge in [0.15, 0.2) is 0 Å². The van der Waals surface area contributed by atoms with Gasteiger partial charge in [0.2, 0.25) is 0 Å². The number of hydrogen-bond donors (Lipinski definition) is 0. The van der Waals surface area contributed by atoms with Crippen LogP contribution in [0.3, 0.4) is 0 Å². The van der Waals surface area contributed by atoms with E-state index in [0.717, 1.165) is 15.6 Å². The summed E-state index contributed by atoms with van der Waals surface area (Å²) in [6.45, 7) is 0. The molecule has 9 heteroatoms. The molecule has 0 aliphatic heterocycles. The molecule has 1 nitrogen and oxygen atoms in total. The predicted octanol–water partition coefficient (Wildman–Crippen LogP) is -3.87. The molecule has 0 fully saturated rings. The van der Waals surface area contributed by atoms with E-state index in [4.69, 9.17) is 4.42 Å². The smallest absolute Gasteiger partial charge is 0.145 e. The second-order valence-corrected chi connectivity index (χ2v) is 10.8. The summed E-state index contributed by atoms with van der Waals surface area (Å²) >= 11 is 3.91. The second kappa shape index (κ2) is 7.93. The highest BCUT2D eigenvalue weighted by molar-refractivity contribution is 9.10. The van der Waals surface area contributed by atoms with Crippen LogP contribution in [0.4, 0.5) is 0 Å². The number of hydrogen-bond acceptors (Lipinski definition) is 1. The highest BCUT2D eigenvalue weighted by Gasteiger charge is 2.24. The van der Waals surface area contributed by atoms with E-state index in [0.29, 0.717) is 0 Å². The van der Waals surface area contributed by atoms with Crippen LogP contribution in [-0.4, -0.2) is 54.9 Å². The Hall–Kier alpha value is -2.65. The zero-order chi connectivity index (χ0) is 24.8. The summed E-state index contributed by atoms with van der Waals surface area (Å²) in [7, 11) is 15.7. The molecule has 1 aromatic heterocycles. The molecule has 6 rings (SSSR count). The van der Waals surface area contributed by atoms with Crippen LogP contribution in [0, 0.1) is 0 Å². The first kappa shape index (κ1) is 22.8. The summed E-state index contributed by atoms with van der Waals surface area (Å²) in [5.74, 6) is 0. The summed E-state index contributed by atoms with van der Waals surface area (Å²) in [5.41, 5.74) is 13.7. The van der Waals surface area contributed by atoms with Crippen molar-refractivity contribution in [2.75, 3.05) is 0 Å². The Kier molecular flexibility index (Phi) is 5.17. The van der Waals surface area contributed by atoms with Gasteiger partial charge >= 0.3 is 0 Å². The molecule has 160 valence electrons. The van der Waals surface area contributed by atoms with Gasteiger partial charge in [0.1, 0.15) is 66.1 Å². The van der Waals surface area contributed by atoms with Crippen molar-refractivity contribution in [2.24, 2.45) is 0 Å². The Morgan fingerprint density at radius 1 is 0.457 bits per heavy atom. The molecule has 0 radical (unpaired) electrons. The summed E-state index contributed by atoms with van der Waals surface area (Å²) in [5, 5.41) is 7.55. The van der Waals surface area contributed by atoms with Gasteiger partial charge in [0, 0.05) is 15.2 Å². The van der Waals surface area contributed by atoms with Gasteiger partial charge in [-0.05, 0) is 54.1 Å². The Morgan fingerprint density at radius 2 is 0.886 bits per heavy atom. The third-order valence-electron chi connectivity index (χ3n) is 8.46. The molecule has 0 bridgehead atoms. The third kappa shape index (κ3) is 2.97. The van der Waals surface area contributed by atoms with E-state index in [1.54, 1.807) is 0 Å². The molecule has 0 amide bonds. The summed E-state index contributed by atoms with van der Waals surface area (Å²) < 4.78 is 7.92. The molecule has 0 N–H and O–H groups in total. The first-order chi connectivity index (χ1) is 16.7. The molecule has 0 saturated carbocycles. The van der Waals surface area contributed by atoms with E-state index >= 15 is 0 Å². The van der Waals surface area contributed by atoms with Crippen molar-refractivity contribution in [3.05, 3.63) is 53.0 Å². The first-order valence-electron chi connectivity index (χ1n) is 12.3. The van der Waals surface area contributed by atoms with Crippen molar-refractivity contribution in [1.82, 2.24) is 0 Å². The minimum atomic E-state index is 1.02. The van der Waals surface area contributed by atoms with Crippen LogP contribution in [-0.2, 0) is 0 Å². The van der Waals surface area contributed by atoms with Gasteiger partial charge < -0.3 is 4.42 Å². The van der Waals surface area contributed by atoms with E-state index in [9.17, 15) is 0 Å². The number of rotatable bonds is 1. The van der Waals surface area contributed by atoms with Crippen LogP contribution in [0.1, 0.15) is 0 Å².